The third-order valence-corrected chi connectivity index (χ3v) is 3.64. The molecule has 0 aromatic heterocycles. The minimum atomic E-state index is -2.75. The number of esters is 1. The number of rotatable bonds is 5. The molecule has 0 radical (unpaired) electrons. The predicted octanol–water partition coefficient (Wildman–Crippen LogP) is 2.23. The average molecular weight is 208 g/mol. The minimum Gasteiger partial charge on any atom is -0.455 e. The van der Waals surface area contributed by atoms with Gasteiger partial charge in [-0.2, -0.15) is 0 Å². The zero-order valence-electron chi connectivity index (χ0n) is 8.57. The first-order valence-electron chi connectivity index (χ1n) is 4.29. The molecule has 0 aliphatic heterocycles. The second kappa shape index (κ2) is 5.40. The molecular formula is C8H17O4P. The molecule has 5 heteroatoms. The minimum absolute atomic E-state index is 0.110. The van der Waals surface area contributed by atoms with E-state index in [1.807, 2.05) is 0 Å². The molecular weight excluding hydrogens is 191 g/mol. The molecule has 1 unspecified atom stereocenters. The first-order valence-corrected chi connectivity index (χ1v) is 6.29. The van der Waals surface area contributed by atoms with Crippen molar-refractivity contribution >= 4 is 13.3 Å². The van der Waals surface area contributed by atoms with Crippen molar-refractivity contribution in [3.63, 3.8) is 0 Å². The molecule has 0 N–H and O–H groups in total. The number of carbonyl (C=O) groups is 1. The molecule has 0 saturated heterocycles. The van der Waals surface area contributed by atoms with E-state index in [0.717, 1.165) is 0 Å². The third kappa shape index (κ3) is 5.83. The Kier molecular flexibility index (Phi) is 5.26. The second-order valence-electron chi connectivity index (χ2n) is 3.05. The van der Waals surface area contributed by atoms with Crippen molar-refractivity contribution in [1.29, 1.82) is 0 Å². The topological polar surface area (TPSA) is 52.6 Å². The summed E-state index contributed by atoms with van der Waals surface area (Å²) in [4.78, 5) is 10.5. The Morgan fingerprint density at radius 2 is 2.00 bits per heavy atom. The van der Waals surface area contributed by atoms with Crippen LogP contribution in [0, 0.1) is 0 Å². The van der Waals surface area contributed by atoms with Crippen molar-refractivity contribution in [1.82, 2.24) is 0 Å². The molecule has 0 aliphatic carbocycles. The molecule has 0 amide bonds. The normalized spacial score (nSPS) is 15.5. The Bertz CT molecular complexity index is 212. The zero-order valence-corrected chi connectivity index (χ0v) is 9.47. The van der Waals surface area contributed by atoms with Crippen molar-refractivity contribution in [2.45, 2.75) is 33.8 Å². The van der Waals surface area contributed by atoms with Crippen molar-refractivity contribution in [3.05, 3.63) is 0 Å². The van der Waals surface area contributed by atoms with E-state index in [4.69, 9.17) is 4.52 Å². The summed E-state index contributed by atoms with van der Waals surface area (Å²) in [6, 6.07) is 0. The van der Waals surface area contributed by atoms with E-state index in [-0.39, 0.29) is 12.5 Å². The molecule has 0 saturated carbocycles. The maximum absolute atomic E-state index is 11.8. The molecule has 0 bridgehead atoms. The van der Waals surface area contributed by atoms with Gasteiger partial charge < -0.3 is 9.26 Å². The summed E-state index contributed by atoms with van der Waals surface area (Å²) in [6.45, 7) is 6.65. The average Bonchev–Trinajstić information content (AvgIpc) is 2.00. The van der Waals surface area contributed by atoms with Crippen LogP contribution in [-0.2, 0) is 18.6 Å². The highest BCUT2D eigenvalue weighted by Gasteiger charge is 2.23. The van der Waals surface area contributed by atoms with E-state index < -0.39 is 13.3 Å². The van der Waals surface area contributed by atoms with Gasteiger partial charge >= 0.3 is 5.97 Å². The number of hydrogen-bond acceptors (Lipinski definition) is 4. The quantitative estimate of drug-likeness (QED) is 0.513. The Labute approximate surface area is 79.1 Å². The maximum atomic E-state index is 11.8. The highest BCUT2D eigenvalue weighted by molar-refractivity contribution is 7.58. The lowest BCUT2D eigenvalue weighted by Gasteiger charge is -2.18. The molecule has 13 heavy (non-hydrogen) atoms. The molecule has 0 heterocycles. The molecule has 0 spiro atoms. The standard InChI is InChI=1S/C8H17O4P/c1-5-13(10,12-7(2)3)6-11-8(4)9/h7H,5-6H2,1-4H3. The summed E-state index contributed by atoms with van der Waals surface area (Å²) in [5, 5.41) is 0. The molecule has 1 atom stereocenters. The first-order chi connectivity index (χ1) is 5.89. The summed E-state index contributed by atoms with van der Waals surface area (Å²) in [7, 11) is -2.75. The largest absolute Gasteiger partial charge is 0.455 e. The van der Waals surface area contributed by atoms with Crippen LogP contribution >= 0.6 is 7.37 Å². The van der Waals surface area contributed by atoms with Gasteiger partial charge in [-0.15, -0.1) is 0 Å². The van der Waals surface area contributed by atoms with E-state index >= 15 is 0 Å². The monoisotopic (exact) mass is 208 g/mol. The van der Waals surface area contributed by atoms with Crippen molar-refractivity contribution in [3.8, 4) is 0 Å². The SMILES string of the molecule is CCP(=O)(COC(C)=O)OC(C)C. The molecule has 0 fully saturated rings. The summed E-state index contributed by atoms with van der Waals surface area (Å²) >= 11 is 0. The van der Waals surface area contributed by atoms with E-state index in [0.29, 0.717) is 6.16 Å². The molecule has 78 valence electrons. The summed E-state index contributed by atoms with van der Waals surface area (Å²) in [5.74, 6) is -0.430. The van der Waals surface area contributed by atoms with Gasteiger partial charge in [0.1, 0.15) is 0 Å². The fourth-order valence-corrected chi connectivity index (χ4v) is 2.31. The van der Waals surface area contributed by atoms with Gasteiger partial charge in [0, 0.05) is 13.1 Å². The molecule has 0 aromatic carbocycles. The van der Waals surface area contributed by atoms with Gasteiger partial charge in [-0.1, -0.05) is 6.92 Å². The Morgan fingerprint density at radius 1 is 1.46 bits per heavy atom. The fraction of sp³-hybridized carbons (Fsp3) is 0.875. The van der Waals surface area contributed by atoms with Crippen LogP contribution in [0.15, 0.2) is 0 Å². The van der Waals surface area contributed by atoms with Crippen LogP contribution in [0.5, 0.6) is 0 Å². The van der Waals surface area contributed by atoms with Crippen molar-refractivity contribution < 1.29 is 18.6 Å². The fourth-order valence-electron chi connectivity index (χ4n) is 0.770. The Hall–Kier alpha value is -0.340. The van der Waals surface area contributed by atoms with Crippen LogP contribution in [0.1, 0.15) is 27.7 Å². The summed E-state index contributed by atoms with van der Waals surface area (Å²) in [5.41, 5.74) is 0. The van der Waals surface area contributed by atoms with Gasteiger partial charge in [-0.25, -0.2) is 0 Å². The lowest BCUT2D eigenvalue weighted by Crippen LogP contribution is -2.09. The second-order valence-corrected chi connectivity index (χ2v) is 5.78. The van der Waals surface area contributed by atoms with Gasteiger partial charge in [-0.3, -0.25) is 9.36 Å². The van der Waals surface area contributed by atoms with Crippen LogP contribution in [0.25, 0.3) is 0 Å². The van der Waals surface area contributed by atoms with E-state index in [1.165, 1.54) is 6.92 Å². The Balaban J connectivity index is 4.12. The van der Waals surface area contributed by atoms with Crippen LogP contribution in [0.3, 0.4) is 0 Å². The number of ether oxygens (including phenoxy) is 1. The van der Waals surface area contributed by atoms with Crippen LogP contribution in [0.2, 0.25) is 0 Å². The van der Waals surface area contributed by atoms with E-state index in [1.54, 1.807) is 20.8 Å². The van der Waals surface area contributed by atoms with Gasteiger partial charge in [-0.05, 0) is 13.8 Å². The van der Waals surface area contributed by atoms with Crippen LogP contribution in [0.4, 0.5) is 0 Å². The molecule has 4 nitrogen and oxygen atoms in total. The predicted molar refractivity (Wildman–Crippen MR) is 51.0 cm³/mol. The van der Waals surface area contributed by atoms with Crippen molar-refractivity contribution in [2.24, 2.45) is 0 Å². The highest BCUT2D eigenvalue weighted by Crippen LogP contribution is 2.47. The first kappa shape index (κ1) is 12.7. The van der Waals surface area contributed by atoms with Crippen molar-refractivity contribution in [2.75, 3.05) is 12.5 Å². The zero-order chi connectivity index (χ0) is 10.5. The third-order valence-electron chi connectivity index (χ3n) is 1.35. The van der Waals surface area contributed by atoms with Gasteiger partial charge in [0.15, 0.2) is 6.35 Å². The van der Waals surface area contributed by atoms with Crippen LogP contribution in [-0.4, -0.2) is 24.6 Å². The Morgan fingerprint density at radius 3 is 2.31 bits per heavy atom. The number of carbonyl (C=O) groups excluding carboxylic acids is 1. The van der Waals surface area contributed by atoms with Gasteiger partial charge in [0.25, 0.3) is 0 Å². The smallest absolute Gasteiger partial charge is 0.303 e. The molecule has 0 rings (SSSR count). The van der Waals surface area contributed by atoms with E-state index in [2.05, 4.69) is 4.74 Å². The molecule has 0 aliphatic rings. The number of hydrogen-bond donors (Lipinski definition) is 0. The maximum Gasteiger partial charge on any atom is 0.303 e. The molecule has 0 aromatic rings. The van der Waals surface area contributed by atoms with Crippen LogP contribution < -0.4 is 0 Å². The lowest BCUT2D eigenvalue weighted by atomic mass is 10.5. The summed E-state index contributed by atoms with van der Waals surface area (Å²) in [6.07, 6.45) is 0.163. The van der Waals surface area contributed by atoms with Gasteiger partial charge in [0.05, 0.1) is 6.10 Å². The summed E-state index contributed by atoms with van der Waals surface area (Å²) < 4.78 is 21.7. The van der Waals surface area contributed by atoms with E-state index in [9.17, 15) is 9.36 Å². The lowest BCUT2D eigenvalue weighted by molar-refractivity contribution is -0.139. The highest BCUT2D eigenvalue weighted by atomic mass is 31.2. The van der Waals surface area contributed by atoms with Gasteiger partial charge in [0.2, 0.25) is 7.37 Å².